The molecule has 0 saturated heterocycles. The monoisotopic (exact) mass is 284 g/mol. The maximum absolute atomic E-state index is 10.4. The van der Waals surface area contributed by atoms with E-state index >= 15 is 0 Å². The first-order valence-electron chi connectivity index (χ1n) is 8.46. The van der Waals surface area contributed by atoms with Gasteiger partial charge in [0, 0.05) is 0 Å². The molecule has 3 rings (SSSR count). The van der Waals surface area contributed by atoms with Crippen LogP contribution >= 0.6 is 0 Å². The van der Waals surface area contributed by atoms with E-state index in [1.807, 2.05) is 6.07 Å². The molecule has 2 aliphatic carbocycles. The van der Waals surface area contributed by atoms with Crippen LogP contribution in [0.5, 0.6) is 5.75 Å². The molecule has 114 valence electrons. The molecule has 0 spiro atoms. The van der Waals surface area contributed by atoms with Crippen molar-refractivity contribution in [1.29, 1.82) is 0 Å². The molecule has 1 aromatic rings. The number of benzene rings is 1. The summed E-state index contributed by atoms with van der Waals surface area (Å²) in [7, 11) is 0. The van der Waals surface area contributed by atoms with Gasteiger partial charge in [0.25, 0.3) is 0 Å². The molecule has 0 bridgehead atoms. The Kier molecular flexibility index (Phi) is 3.63. The van der Waals surface area contributed by atoms with E-state index in [0.717, 1.165) is 12.0 Å². The molecule has 0 aliphatic heterocycles. The molecule has 2 aliphatic rings. The van der Waals surface area contributed by atoms with Crippen LogP contribution in [-0.4, -0.2) is 5.11 Å². The summed E-state index contributed by atoms with van der Waals surface area (Å²) < 4.78 is 0. The van der Waals surface area contributed by atoms with Crippen molar-refractivity contribution >= 4 is 5.57 Å². The van der Waals surface area contributed by atoms with Crippen LogP contribution in [0.3, 0.4) is 0 Å². The van der Waals surface area contributed by atoms with Gasteiger partial charge in [-0.25, -0.2) is 0 Å². The molecule has 0 amide bonds. The first kappa shape index (κ1) is 14.7. The molecular weight excluding hydrogens is 256 g/mol. The van der Waals surface area contributed by atoms with Crippen molar-refractivity contribution in [2.45, 2.75) is 65.7 Å². The fourth-order valence-corrected chi connectivity index (χ4v) is 4.29. The molecule has 1 N–H and O–H groups in total. The van der Waals surface area contributed by atoms with Crippen LogP contribution in [0.1, 0.15) is 76.0 Å². The third-order valence-corrected chi connectivity index (χ3v) is 5.60. The van der Waals surface area contributed by atoms with Crippen LogP contribution in [0.4, 0.5) is 0 Å². The topological polar surface area (TPSA) is 20.2 Å². The first-order chi connectivity index (χ1) is 9.90. The number of allylic oxidation sites excluding steroid dienone is 2. The highest BCUT2D eigenvalue weighted by molar-refractivity contribution is 5.74. The van der Waals surface area contributed by atoms with Gasteiger partial charge < -0.3 is 5.11 Å². The Labute approximate surface area is 129 Å². The minimum Gasteiger partial charge on any atom is -0.508 e. The van der Waals surface area contributed by atoms with Gasteiger partial charge in [-0.05, 0) is 77.7 Å². The molecule has 1 unspecified atom stereocenters. The minimum absolute atomic E-state index is 0.381. The van der Waals surface area contributed by atoms with Gasteiger partial charge in [-0.1, -0.05) is 39.8 Å². The normalized spacial score (nSPS) is 24.0. The number of hydrogen-bond donors (Lipinski definition) is 1. The van der Waals surface area contributed by atoms with Crippen LogP contribution in [0.2, 0.25) is 0 Å². The standard InChI is InChI=1S/C20H28O/c1-13(2)16-11-14-8-9-18-15(17(14)12-19(16)21)7-5-6-10-20(18,3)4/h7,11-13,18,21H,5-6,8-10H2,1-4H3. The fraction of sp³-hybridized carbons (Fsp3) is 0.600. The van der Waals surface area contributed by atoms with E-state index in [2.05, 4.69) is 39.8 Å². The predicted octanol–water partition coefficient (Wildman–Crippen LogP) is 5.67. The SMILES string of the molecule is CC(C)c1cc2c(cc1O)C1=CCCCC(C)(C)C1CC2. The Morgan fingerprint density at radius 3 is 2.71 bits per heavy atom. The summed E-state index contributed by atoms with van der Waals surface area (Å²) in [6.07, 6.45) is 8.64. The molecule has 0 saturated carbocycles. The fourth-order valence-electron chi connectivity index (χ4n) is 4.29. The zero-order valence-corrected chi connectivity index (χ0v) is 13.9. The van der Waals surface area contributed by atoms with Gasteiger partial charge in [-0.3, -0.25) is 0 Å². The van der Waals surface area contributed by atoms with Crippen molar-refractivity contribution in [3.8, 4) is 5.75 Å². The van der Waals surface area contributed by atoms with Gasteiger partial charge in [0.15, 0.2) is 0 Å². The Balaban J connectivity index is 2.10. The van der Waals surface area contributed by atoms with E-state index in [0.29, 0.717) is 23.0 Å². The maximum atomic E-state index is 10.4. The number of aromatic hydroxyl groups is 1. The van der Waals surface area contributed by atoms with Gasteiger partial charge in [0.1, 0.15) is 5.75 Å². The number of phenols is 1. The molecule has 1 heteroatoms. The van der Waals surface area contributed by atoms with E-state index in [9.17, 15) is 5.11 Å². The van der Waals surface area contributed by atoms with E-state index in [-0.39, 0.29) is 0 Å². The molecule has 1 atom stereocenters. The lowest BCUT2D eigenvalue weighted by atomic mass is 9.66. The largest absolute Gasteiger partial charge is 0.508 e. The quantitative estimate of drug-likeness (QED) is 0.704. The first-order valence-corrected chi connectivity index (χ1v) is 8.46. The molecule has 1 nitrogen and oxygen atoms in total. The van der Waals surface area contributed by atoms with E-state index < -0.39 is 0 Å². The Hall–Kier alpha value is -1.24. The summed E-state index contributed by atoms with van der Waals surface area (Å²) in [4.78, 5) is 0. The van der Waals surface area contributed by atoms with Crippen molar-refractivity contribution in [3.05, 3.63) is 34.9 Å². The van der Waals surface area contributed by atoms with Gasteiger partial charge in [0.05, 0.1) is 0 Å². The van der Waals surface area contributed by atoms with Gasteiger partial charge in [-0.2, -0.15) is 0 Å². The second kappa shape index (κ2) is 5.19. The molecule has 21 heavy (non-hydrogen) atoms. The summed E-state index contributed by atoms with van der Waals surface area (Å²) in [5.41, 5.74) is 5.75. The summed E-state index contributed by atoms with van der Waals surface area (Å²) in [6, 6.07) is 4.30. The highest BCUT2D eigenvalue weighted by Gasteiger charge is 2.37. The average Bonchev–Trinajstić information content (AvgIpc) is 2.56. The summed E-state index contributed by atoms with van der Waals surface area (Å²) >= 11 is 0. The van der Waals surface area contributed by atoms with Crippen molar-refractivity contribution in [1.82, 2.24) is 0 Å². The van der Waals surface area contributed by atoms with Crippen molar-refractivity contribution < 1.29 is 5.11 Å². The third-order valence-electron chi connectivity index (χ3n) is 5.60. The number of phenolic OH excluding ortho intramolecular Hbond substituents is 1. The Morgan fingerprint density at radius 1 is 1.24 bits per heavy atom. The number of hydrogen-bond acceptors (Lipinski definition) is 1. The van der Waals surface area contributed by atoms with Crippen molar-refractivity contribution in [2.24, 2.45) is 11.3 Å². The molecule has 1 aromatic carbocycles. The van der Waals surface area contributed by atoms with Gasteiger partial charge in [-0.15, -0.1) is 0 Å². The summed E-state index contributed by atoms with van der Waals surface area (Å²) in [5.74, 6) is 1.51. The highest BCUT2D eigenvalue weighted by Crippen LogP contribution is 2.50. The van der Waals surface area contributed by atoms with Crippen LogP contribution in [0.25, 0.3) is 5.57 Å². The van der Waals surface area contributed by atoms with E-state index in [1.165, 1.54) is 42.4 Å². The van der Waals surface area contributed by atoms with Crippen molar-refractivity contribution in [2.75, 3.05) is 0 Å². The van der Waals surface area contributed by atoms with Gasteiger partial charge >= 0.3 is 0 Å². The van der Waals surface area contributed by atoms with Crippen LogP contribution in [0.15, 0.2) is 18.2 Å². The zero-order chi connectivity index (χ0) is 15.2. The van der Waals surface area contributed by atoms with Crippen LogP contribution in [-0.2, 0) is 6.42 Å². The molecule has 0 aromatic heterocycles. The lowest BCUT2D eigenvalue weighted by Gasteiger charge is -2.39. The smallest absolute Gasteiger partial charge is 0.119 e. The molecule has 0 radical (unpaired) electrons. The Bertz CT molecular complexity index is 578. The molecule has 0 heterocycles. The summed E-state index contributed by atoms with van der Waals surface area (Å²) in [6.45, 7) is 9.15. The highest BCUT2D eigenvalue weighted by atomic mass is 16.3. The van der Waals surface area contributed by atoms with Crippen LogP contribution < -0.4 is 0 Å². The van der Waals surface area contributed by atoms with Gasteiger partial charge in [0.2, 0.25) is 0 Å². The zero-order valence-electron chi connectivity index (χ0n) is 13.9. The Morgan fingerprint density at radius 2 is 2.00 bits per heavy atom. The van der Waals surface area contributed by atoms with Crippen LogP contribution in [0, 0.1) is 11.3 Å². The summed E-state index contributed by atoms with van der Waals surface area (Å²) in [5, 5.41) is 10.4. The molecular formula is C20H28O. The average molecular weight is 284 g/mol. The van der Waals surface area contributed by atoms with E-state index in [4.69, 9.17) is 0 Å². The number of aryl methyl sites for hydroxylation is 1. The second-order valence-corrected chi connectivity index (χ2v) is 7.85. The van der Waals surface area contributed by atoms with Crippen molar-refractivity contribution in [3.63, 3.8) is 0 Å². The lowest BCUT2D eigenvalue weighted by Crippen LogP contribution is -2.28. The molecule has 0 fully saturated rings. The van der Waals surface area contributed by atoms with E-state index in [1.54, 1.807) is 0 Å². The number of fused-ring (bicyclic) bond motifs is 3. The minimum atomic E-state index is 0.381. The maximum Gasteiger partial charge on any atom is 0.119 e. The predicted molar refractivity (Wildman–Crippen MR) is 89.6 cm³/mol. The number of rotatable bonds is 1. The third kappa shape index (κ3) is 2.52. The second-order valence-electron chi connectivity index (χ2n) is 7.85. The lowest BCUT2D eigenvalue weighted by molar-refractivity contribution is 0.232.